The van der Waals surface area contributed by atoms with Crippen molar-refractivity contribution >= 4 is 16.7 Å². The molecule has 0 bridgehead atoms. The first-order chi connectivity index (χ1) is 13.1. The van der Waals surface area contributed by atoms with Gasteiger partial charge in [-0.15, -0.1) is 0 Å². The molecule has 0 aliphatic heterocycles. The van der Waals surface area contributed by atoms with Crippen LogP contribution in [0.4, 0.5) is 0 Å². The van der Waals surface area contributed by atoms with Crippen molar-refractivity contribution in [2.45, 2.75) is 31.8 Å². The maximum absolute atomic E-state index is 12.7. The van der Waals surface area contributed by atoms with E-state index in [9.17, 15) is 4.79 Å². The lowest BCUT2D eigenvalue weighted by Gasteiger charge is -2.25. The molecule has 0 heterocycles. The summed E-state index contributed by atoms with van der Waals surface area (Å²) in [6.45, 7) is 2.47. The number of fused-ring (bicyclic) bond motifs is 2. The van der Waals surface area contributed by atoms with Gasteiger partial charge in [0.1, 0.15) is 0 Å². The zero-order valence-electron chi connectivity index (χ0n) is 16.0. The largest absolute Gasteiger partial charge is 0.348 e. The van der Waals surface area contributed by atoms with E-state index in [-0.39, 0.29) is 11.9 Å². The van der Waals surface area contributed by atoms with Gasteiger partial charge in [-0.3, -0.25) is 9.69 Å². The molecule has 1 amide bonds. The summed E-state index contributed by atoms with van der Waals surface area (Å²) in [6.07, 6.45) is 2.18. The fourth-order valence-corrected chi connectivity index (χ4v) is 4.32. The van der Waals surface area contributed by atoms with E-state index in [2.05, 4.69) is 78.8 Å². The Kier molecular flexibility index (Phi) is 4.95. The number of benzene rings is 3. The van der Waals surface area contributed by atoms with Crippen LogP contribution in [0.15, 0.2) is 66.7 Å². The maximum Gasteiger partial charge on any atom is 0.234 e. The summed E-state index contributed by atoms with van der Waals surface area (Å²) in [4.78, 5) is 14.9. The van der Waals surface area contributed by atoms with Gasteiger partial charge in [-0.05, 0) is 54.3 Å². The lowest BCUT2D eigenvalue weighted by atomic mass is 9.99. The van der Waals surface area contributed by atoms with Gasteiger partial charge >= 0.3 is 0 Å². The first-order valence-electron chi connectivity index (χ1n) is 9.68. The quantitative estimate of drug-likeness (QED) is 0.721. The van der Waals surface area contributed by atoms with E-state index in [1.807, 2.05) is 12.1 Å². The second kappa shape index (κ2) is 7.53. The standard InChI is InChI=1S/C24H26N2O/c1-17(20-13-7-10-18-8-3-5-11-21(18)20)25-24(27)16-26(2)23-15-14-19-9-4-6-12-22(19)23/h3-13,17,23H,14-16H2,1-2H3,(H,25,27)/t17-,23+/m1/s1. The molecule has 0 radical (unpaired) electrons. The van der Waals surface area contributed by atoms with Crippen LogP contribution in [0.5, 0.6) is 0 Å². The molecular weight excluding hydrogens is 332 g/mol. The van der Waals surface area contributed by atoms with Crippen LogP contribution in [0.3, 0.4) is 0 Å². The highest BCUT2D eigenvalue weighted by molar-refractivity contribution is 5.87. The first-order valence-corrected chi connectivity index (χ1v) is 9.68. The average molecular weight is 358 g/mol. The summed E-state index contributed by atoms with van der Waals surface area (Å²) < 4.78 is 0. The van der Waals surface area contributed by atoms with Crippen molar-refractivity contribution in [3.8, 4) is 0 Å². The molecule has 3 nitrogen and oxygen atoms in total. The molecule has 0 fully saturated rings. The lowest BCUT2D eigenvalue weighted by Crippen LogP contribution is -2.37. The van der Waals surface area contributed by atoms with Gasteiger partial charge < -0.3 is 5.32 Å². The summed E-state index contributed by atoms with van der Waals surface area (Å²) in [7, 11) is 2.05. The molecule has 3 aromatic carbocycles. The van der Waals surface area contributed by atoms with Gasteiger partial charge in [0.2, 0.25) is 5.91 Å². The van der Waals surface area contributed by atoms with Crippen LogP contribution in [0.25, 0.3) is 10.8 Å². The maximum atomic E-state index is 12.7. The number of amides is 1. The van der Waals surface area contributed by atoms with Crippen molar-refractivity contribution in [1.29, 1.82) is 0 Å². The Morgan fingerprint density at radius 2 is 1.81 bits per heavy atom. The van der Waals surface area contributed by atoms with Gasteiger partial charge in [-0.1, -0.05) is 66.7 Å². The number of carbonyl (C=O) groups is 1. The number of likely N-dealkylation sites (N-methyl/N-ethyl adjacent to an activating group) is 1. The minimum atomic E-state index is -0.0205. The van der Waals surface area contributed by atoms with Crippen molar-refractivity contribution < 1.29 is 4.79 Å². The number of nitrogens with zero attached hydrogens (tertiary/aromatic N) is 1. The van der Waals surface area contributed by atoms with E-state index in [0.717, 1.165) is 18.4 Å². The minimum absolute atomic E-state index is 0.0205. The second-order valence-electron chi connectivity index (χ2n) is 7.53. The van der Waals surface area contributed by atoms with Gasteiger partial charge in [-0.2, -0.15) is 0 Å². The normalized spacial score (nSPS) is 17.1. The average Bonchev–Trinajstić information content (AvgIpc) is 3.11. The Bertz CT molecular complexity index is 960. The zero-order chi connectivity index (χ0) is 18.8. The monoisotopic (exact) mass is 358 g/mol. The highest BCUT2D eigenvalue weighted by Gasteiger charge is 2.26. The first kappa shape index (κ1) is 17.7. The summed E-state index contributed by atoms with van der Waals surface area (Å²) in [6, 6.07) is 23.5. The summed E-state index contributed by atoms with van der Waals surface area (Å²) in [5.74, 6) is 0.0716. The topological polar surface area (TPSA) is 32.3 Å². The predicted octanol–water partition coefficient (Wildman–Crippen LogP) is 4.64. The Hall–Kier alpha value is -2.65. The number of carbonyl (C=O) groups excluding carboxylic acids is 1. The summed E-state index contributed by atoms with van der Waals surface area (Å²) in [5.41, 5.74) is 3.95. The van der Waals surface area contributed by atoms with Crippen molar-refractivity contribution in [3.63, 3.8) is 0 Å². The molecular formula is C24H26N2O. The van der Waals surface area contributed by atoms with E-state index in [4.69, 9.17) is 0 Å². The Morgan fingerprint density at radius 1 is 1.07 bits per heavy atom. The van der Waals surface area contributed by atoms with Gasteiger partial charge in [-0.25, -0.2) is 0 Å². The molecule has 3 heteroatoms. The molecule has 138 valence electrons. The molecule has 0 spiro atoms. The van der Waals surface area contributed by atoms with E-state index in [1.165, 1.54) is 21.9 Å². The molecule has 1 aliphatic carbocycles. The zero-order valence-corrected chi connectivity index (χ0v) is 16.0. The van der Waals surface area contributed by atoms with Gasteiger partial charge in [0.15, 0.2) is 0 Å². The van der Waals surface area contributed by atoms with E-state index in [0.29, 0.717) is 12.6 Å². The molecule has 0 aromatic heterocycles. The van der Waals surface area contributed by atoms with Gasteiger partial charge in [0, 0.05) is 6.04 Å². The SMILES string of the molecule is C[C@@H](NC(=O)CN(C)[C@H]1CCc2ccccc21)c1cccc2ccccc12. The third-order valence-electron chi connectivity index (χ3n) is 5.69. The van der Waals surface area contributed by atoms with Crippen LogP contribution in [0.2, 0.25) is 0 Å². The van der Waals surface area contributed by atoms with Crippen molar-refractivity contribution in [1.82, 2.24) is 10.2 Å². The third kappa shape index (κ3) is 3.60. The smallest absolute Gasteiger partial charge is 0.234 e. The van der Waals surface area contributed by atoms with Crippen LogP contribution in [-0.2, 0) is 11.2 Å². The van der Waals surface area contributed by atoms with E-state index < -0.39 is 0 Å². The second-order valence-corrected chi connectivity index (χ2v) is 7.53. The molecule has 0 saturated heterocycles. The van der Waals surface area contributed by atoms with Crippen LogP contribution in [-0.4, -0.2) is 24.4 Å². The van der Waals surface area contributed by atoms with E-state index in [1.54, 1.807) is 0 Å². The molecule has 0 unspecified atom stereocenters. The Labute approximate surface area is 161 Å². The fourth-order valence-electron chi connectivity index (χ4n) is 4.32. The number of hydrogen-bond donors (Lipinski definition) is 1. The number of aryl methyl sites for hydroxylation is 1. The highest BCUT2D eigenvalue weighted by Crippen LogP contribution is 2.34. The van der Waals surface area contributed by atoms with E-state index >= 15 is 0 Å². The Morgan fingerprint density at radius 3 is 2.70 bits per heavy atom. The fraction of sp³-hybridized carbons (Fsp3) is 0.292. The lowest BCUT2D eigenvalue weighted by molar-refractivity contribution is -0.123. The molecule has 27 heavy (non-hydrogen) atoms. The summed E-state index contributed by atoms with van der Waals surface area (Å²) >= 11 is 0. The summed E-state index contributed by atoms with van der Waals surface area (Å²) in [5, 5.41) is 5.59. The van der Waals surface area contributed by atoms with Crippen LogP contribution in [0.1, 0.15) is 42.1 Å². The van der Waals surface area contributed by atoms with Gasteiger partial charge in [0.25, 0.3) is 0 Å². The molecule has 4 rings (SSSR count). The molecule has 3 aromatic rings. The Balaban J connectivity index is 1.43. The van der Waals surface area contributed by atoms with Gasteiger partial charge in [0.05, 0.1) is 12.6 Å². The van der Waals surface area contributed by atoms with Crippen LogP contribution >= 0.6 is 0 Å². The number of hydrogen-bond acceptors (Lipinski definition) is 2. The molecule has 1 N–H and O–H groups in total. The minimum Gasteiger partial charge on any atom is -0.348 e. The predicted molar refractivity (Wildman–Crippen MR) is 111 cm³/mol. The van der Waals surface area contributed by atoms with Crippen molar-refractivity contribution in [3.05, 3.63) is 83.4 Å². The van der Waals surface area contributed by atoms with Crippen molar-refractivity contribution in [2.24, 2.45) is 0 Å². The molecule has 0 saturated carbocycles. The number of rotatable bonds is 5. The van der Waals surface area contributed by atoms with Crippen LogP contribution in [0, 0.1) is 0 Å². The third-order valence-corrected chi connectivity index (χ3v) is 5.69. The molecule has 2 atom stereocenters. The van der Waals surface area contributed by atoms with Crippen LogP contribution < -0.4 is 5.32 Å². The highest BCUT2D eigenvalue weighted by atomic mass is 16.2. The number of nitrogens with one attached hydrogen (secondary N) is 1. The van der Waals surface area contributed by atoms with Crippen molar-refractivity contribution in [2.75, 3.05) is 13.6 Å². The molecule has 1 aliphatic rings.